The molecule has 13 heavy (non-hydrogen) atoms. The summed E-state index contributed by atoms with van der Waals surface area (Å²) in [6, 6.07) is 0. The first-order valence-electron chi connectivity index (χ1n) is 4.11. The zero-order chi connectivity index (χ0) is 7.40. The Labute approximate surface area is 106 Å². The van der Waals surface area contributed by atoms with Crippen LogP contribution in [-0.2, 0) is 18.6 Å². The van der Waals surface area contributed by atoms with Crippen LogP contribution in [-0.4, -0.2) is 0 Å². The minimum atomic E-state index is 0. The second-order valence-corrected chi connectivity index (χ2v) is 2.95. The molecule has 0 spiro atoms. The average Bonchev–Trinajstić information content (AvgIpc) is 2.38. The van der Waals surface area contributed by atoms with Crippen LogP contribution in [0.1, 0.15) is 33.1 Å². The van der Waals surface area contributed by atoms with E-state index in [0.717, 1.165) is 12.3 Å². The van der Waals surface area contributed by atoms with Crippen molar-refractivity contribution in [2.24, 2.45) is 5.92 Å². The average molecular weight is 259 g/mol. The molecule has 0 aromatic heterocycles. The molecule has 0 heterocycles. The van der Waals surface area contributed by atoms with E-state index in [0.29, 0.717) is 0 Å². The van der Waals surface area contributed by atoms with Crippen molar-refractivity contribution in [1.82, 2.24) is 0 Å². The first kappa shape index (κ1) is 19.3. The number of rotatable bonds is 3. The first-order valence-corrected chi connectivity index (χ1v) is 4.11. The van der Waals surface area contributed by atoms with Gasteiger partial charge in [-0.05, 0) is 0 Å². The van der Waals surface area contributed by atoms with Gasteiger partial charge in [-0.1, -0.05) is 32.6 Å². The zero-order valence-corrected chi connectivity index (χ0v) is 11.1. The normalized spacial score (nSPS) is 14.8. The molecule has 77 valence electrons. The van der Waals surface area contributed by atoms with Gasteiger partial charge in [-0.15, -0.1) is 31.2 Å². The molecule has 1 unspecified atom stereocenters. The van der Waals surface area contributed by atoms with Gasteiger partial charge in [-0.25, -0.2) is 6.08 Å². The molecule has 0 saturated heterocycles. The summed E-state index contributed by atoms with van der Waals surface area (Å²) in [5, 5.41) is 0. The summed E-state index contributed by atoms with van der Waals surface area (Å²) in [7, 11) is 0. The Kier molecular flexibility index (Phi) is 15.9. The molecule has 0 bridgehead atoms. The largest absolute Gasteiger partial charge is 0.273 e. The van der Waals surface area contributed by atoms with Crippen LogP contribution in [0.3, 0.4) is 0 Å². The summed E-state index contributed by atoms with van der Waals surface area (Å²) in [6.45, 7) is 4.53. The third-order valence-electron chi connectivity index (χ3n) is 2.02. The zero-order valence-electron chi connectivity index (χ0n) is 8.12. The molecule has 0 aromatic carbocycles. The van der Waals surface area contributed by atoms with E-state index in [4.69, 9.17) is 0 Å². The van der Waals surface area contributed by atoms with Gasteiger partial charge in [0, 0.05) is 18.6 Å². The fraction of sp³-hybridized carbons (Fsp3) is 0.600. The molecule has 0 nitrogen and oxygen atoms in total. The maximum Gasteiger partial charge on any atom is 0 e. The van der Waals surface area contributed by atoms with Crippen LogP contribution in [0.25, 0.3) is 0 Å². The van der Waals surface area contributed by atoms with Crippen LogP contribution in [0.2, 0.25) is 0 Å². The van der Waals surface area contributed by atoms with Gasteiger partial charge in [0.25, 0.3) is 0 Å². The van der Waals surface area contributed by atoms with E-state index in [9.17, 15) is 0 Å². The van der Waals surface area contributed by atoms with Crippen LogP contribution in [0.15, 0.2) is 17.7 Å². The van der Waals surface area contributed by atoms with Crippen LogP contribution in [0, 0.1) is 12.0 Å². The summed E-state index contributed by atoms with van der Waals surface area (Å²) in [5.74, 6) is 0.750. The predicted molar refractivity (Wildman–Crippen MR) is 59.1 cm³/mol. The van der Waals surface area contributed by atoms with Crippen molar-refractivity contribution >= 4 is 24.8 Å². The third kappa shape index (κ3) is 6.68. The van der Waals surface area contributed by atoms with E-state index in [2.05, 4.69) is 32.1 Å². The quantitative estimate of drug-likeness (QED) is 0.673. The van der Waals surface area contributed by atoms with E-state index in [-0.39, 0.29) is 43.4 Å². The van der Waals surface area contributed by atoms with Crippen molar-refractivity contribution in [3.63, 3.8) is 0 Å². The number of hydrogen-bond donors (Lipinski definition) is 0. The van der Waals surface area contributed by atoms with Gasteiger partial charge in [0.15, 0.2) is 0 Å². The van der Waals surface area contributed by atoms with E-state index >= 15 is 0 Å². The van der Waals surface area contributed by atoms with Gasteiger partial charge in [0.2, 0.25) is 0 Å². The maximum absolute atomic E-state index is 3.19. The molecular weight excluding hydrogens is 242 g/mol. The van der Waals surface area contributed by atoms with Crippen molar-refractivity contribution in [3.8, 4) is 0 Å². The first-order chi connectivity index (χ1) is 4.84. The van der Waals surface area contributed by atoms with Crippen molar-refractivity contribution < 1.29 is 18.6 Å². The van der Waals surface area contributed by atoms with Gasteiger partial charge < -0.3 is 0 Å². The predicted octanol–water partition coefficient (Wildman–Crippen LogP) is 3.95. The minimum Gasteiger partial charge on any atom is -0.273 e. The minimum absolute atomic E-state index is 0. The van der Waals surface area contributed by atoms with E-state index in [1.807, 2.05) is 0 Å². The summed E-state index contributed by atoms with van der Waals surface area (Å²) < 4.78 is 0. The molecule has 1 atom stereocenters. The second kappa shape index (κ2) is 10.7. The molecule has 1 rings (SSSR count). The topological polar surface area (TPSA) is 0 Å². The molecule has 0 N–H and O–H groups in total. The Morgan fingerprint density at radius 1 is 1.46 bits per heavy atom. The molecule has 1 aliphatic rings. The molecule has 0 amide bonds. The SMILES string of the molecule is CCCC(C)C1=CC[C-]=C1.Cl.Cl.[V]. The Bertz CT molecular complexity index is 164. The van der Waals surface area contributed by atoms with Crippen LogP contribution in [0.5, 0.6) is 0 Å². The summed E-state index contributed by atoms with van der Waals surface area (Å²) in [6.07, 6.45) is 11.2. The molecule has 3 heteroatoms. The van der Waals surface area contributed by atoms with Crippen LogP contribution in [0.4, 0.5) is 0 Å². The molecule has 0 aliphatic heterocycles. The summed E-state index contributed by atoms with van der Waals surface area (Å²) >= 11 is 0. The summed E-state index contributed by atoms with van der Waals surface area (Å²) in [5.41, 5.74) is 1.49. The number of hydrogen-bond acceptors (Lipinski definition) is 0. The van der Waals surface area contributed by atoms with E-state index in [1.54, 1.807) is 0 Å². The second-order valence-electron chi connectivity index (χ2n) is 2.95. The molecule has 0 aromatic rings. The van der Waals surface area contributed by atoms with Crippen molar-refractivity contribution in [1.29, 1.82) is 0 Å². The van der Waals surface area contributed by atoms with Crippen LogP contribution < -0.4 is 0 Å². The van der Waals surface area contributed by atoms with Gasteiger partial charge in [-0.2, -0.15) is 11.6 Å². The molecule has 1 radical (unpaired) electrons. The van der Waals surface area contributed by atoms with Gasteiger partial charge >= 0.3 is 0 Å². The molecule has 0 fully saturated rings. The van der Waals surface area contributed by atoms with Crippen molar-refractivity contribution in [3.05, 3.63) is 23.8 Å². The third-order valence-corrected chi connectivity index (χ3v) is 2.02. The van der Waals surface area contributed by atoms with Gasteiger partial charge in [0.1, 0.15) is 0 Å². The standard InChI is InChI=1S/C10H15.2ClH.V/c1-3-6-9(2)10-7-4-5-8-10;;;/h7-9H,3-4,6H2,1-2H3;2*1H;/q-1;;;. The smallest absolute Gasteiger partial charge is 0 e. The molecular formula is C10H17Cl2V-. The Hall–Kier alpha value is 0.644. The van der Waals surface area contributed by atoms with Crippen molar-refractivity contribution in [2.45, 2.75) is 33.1 Å². The molecule has 0 saturated carbocycles. The monoisotopic (exact) mass is 258 g/mol. The van der Waals surface area contributed by atoms with Gasteiger partial charge in [-0.3, -0.25) is 6.08 Å². The Morgan fingerprint density at radius 2 is 2.08 bits per heavy atom. The Balaban J connectivity index is -0.000000333. The van der Waals surface area contributed by atoms with Crippen molar-refractivity contribution in [2.75, 3.05) is 0 Å². The maximum atomic E-state index is 3.19. The Morgan fingerprint density at radius 3 is 2.46 bits per heavy atom. The fourth-order valence-corrected chi connectivity index (χ4v) is 1.36. The van der Waals surface area contributed by atoms with E-state index < -0.39 is 0 Å². The fourth-order valence-electron chi connectivity index (χ4n) is 1.36. The number of halogens is 2. The van der Waals surface area contributed by atoms with Crippen LogP contribution >= 0.6 is 24.8 Å². The van der Waals surface area contributed by atoms with E-state index in [1.165, 1.54) is 18.4 Å². The van der Waals surface area contributed by atoms with Gasteiger partial charge in [0.05, 0.1) is 0 Å². The molecule has 1 aliphatic carbocycles. The number of allylic oxidation sites excluding steroid dienone is 4. The summed E-state index contributed by atoms with van der Waals surface area (Å²) in [4.78, 5) is 0.